The highest BCUT2D eigenvalue weighted by atomic mass is 31.2. The molecular formula is C25H25N2O3P+2. The maximum atomic E-state index is 12.2. The maximum absolute atomic E-state index is 12.2. The van der Waals surface area contributed by atoms with Gasteiger partial charge in [-0.3, -0.25) is 4.57 Å². The summed E-state index contributed by atoms with van der Waals surface area (Å²) in [5.41, 5.74) is 6.13. The summed E-state index contributed by atoms with van der Waals surface area (Å²) < 4.78 is 15.8. The van der Waals surface area contributed by atoms with Crippen molar-refractivity contribution in [2.24, 2.45) is 0 Å². The summed E-state index contributed by atoms with van der Waals surface area (Å²) in [7, 11) is -4.40. The first-order valence-electron chi connectivity index (χ1n) is 10.0. The second-order valence-electron chi connectivity index (χ2n) is 7.75. The second kappa shape index (κ2) is 8.56. The standard InChI is InChI=1S/C25H23N2O3P/c1-19-16-20(2)18-24(17-19)26-12-8-21(9-13-26)22-10-14-27(15-11-22)25(31(28,29)30)23-6-4-3-5-7-23/h3-18,25H,1-2H3/p+2. The topological polar surface area (TPSA) is 65.3 Å². The van der Waals surface area contributed by atoms with Crippen molar-refractivity contribution in [3.8, 4) is 16.8 Å². The first-order valence-corrected chi connectivity index (χ1v) is 11.7. The molecule has 0 fully saturated rings. The quantitative estimate of drug-likeness (QED) is 0.366. The van der Waals surface area contributed by atoms with Gasteiger partial charge in [0, 0.05) is 42.0 Å². The van der Waals surface area contributed by atoms with Gasteiger partial charge in [0.1, 0.15) is 0 Å². The highest BCUT2D eigenvalue weighted by molar-refractivity contribution is 7.51. The summed E-state index contributed by atoms with van der Waals surface area (Å²) in [5, 5.41) is 0. The van der Waals surface area contributed by atoms with Crippen LogP contribution in [0.15, 0.2) is 97.6 Å². The molecule has 4 aromatic rings. The predicted molar refractivity (Wildman–Crippen MR) is 120 cm³/mol. The number of benzene rings is 2. The van der Waals surface area contributed by atoms with E-state index in [1.165, 1.54) is 11.1 Å². The third kappa shape index (κ3) is 4.80. The van der Waals surface area contributed by atoms with E-state index >= 15 is 0 Å². The Morgan fingerprint density at radius 1 is 0.742 bits per heavy atom. The highest BCUT2D eigenvalue weighted by Crippen LogP contribution is 2.49. The molecule has 2 aromatic carbocycles. The van der Waals surface area contributed by atoms with Crippen LogP contribution in [0.1, 0.15) is 22.5 Å². The van der Waals surface area contributed by atoms with Crippen LogP contribution in [-0.4, -0.2) is 9.79 Å². The summed E-state index contributed by atoms with van der Waals surface area (Å²) in [6.45, 7) is 4.18. The van der Waals surface area contributed by atoms with Crippen LogP contribution in [0, 0.1) is 13.8 Å². The molecule has 2 aromatic heterocycles. The van der Waals surface area contributed by atoms with Crippen molar-refractivity contribution < 1.29 is 23.5 Å². The molecule has 0 spiro atoms. The highest BCUT2D eigenvalue weighted by Gasteiger charge is 2.38. The molecule has 0 aliphatic rings. The first-order chi connectivity index (χ1) is 14.8. The van der Waals surface area contributed by atoms with Gasteiger partial charge in [0.25, 0.3) is 5.78 Å². The van der Waals surface area contributed by atoms with Gasteiger partial charge in [-0.2, -0.15) is 9.13 Å². The molecule has 5 nitrogen and oxygen atoms in total. The van der Waals surface area contributed by atoms with Crippen LogP contribution >= 0.6 is 7.60 Å². The van der Waals surface area contributed by atoms with E-state index in [0.717, 1.165) is 16.8 Å². The Balaban J connectivity index is 1.62. The minimum Gasteiger partial charge on any atom is -0.320 e. The number of aromatic nitrogens is 2. The molecule has 156 valence electrons. The Morgan fingerprint density at radius 3 is 1.77 bits per heavy atom. The molecule has 6 heteroatoms. The predicted octanol–water partition coefficient (Wildman–Crippen LogP) is 4.26. The van der Waals surface area contributed by atoms with Gasteiger partial charge in [0.2, 0.25) is 5.69 Å². The van der Waals surface area contributed by atoms with E-state index in [9.17, 15) is 14.4 Å². The summed E-state index contributed by atoms with van der Waals surface area (Å²) >= 11 is 0. The zero-order chi connectivity index (χ0) is 22.0. The number of rotatable bonds is 5. The summed E-state index contributed by atoms with van der Waals surface area (Å²) in [4.78, 5) is 19.9. The fourth-order valence-electron chi connectivity index (χ4n) is 3.85. The minimum atomic E-state index is -4.40. The fourth-order valence-corrected chi connectivity index (χ4v) is 4.91. The molecule has 2 heterocycles. The molecule has 0 amide bonds. The Morgan fingerprint density at radius 2 is 1.26 bits per heavy atom. The second-order valence-corrected chi connectivity index (χ2v) is 9.41. The van der Waals surface area contributed by atoms with Crippen LogP contribution in [0.2, 0.25) is 0 Å². The van der Waals surface area contributed by atoms with Crippen LogP contribution in [0.5, 0.6) is 0 Å². The molecule has 4 rings (SSSR count). The van der Waals surface area contributed by atoms with E-state index in [-0.39, 0.29) is 0 Å². The third-order valence-corrected chi connectivity index (χ3v) is 6.42. The third-order valence-electron chi connectivity index (χ3n) is 5.22. The van der Waals surface area contributed by atoms with Crippen molar-refractivity contribution in [1.29, 1.82) is 0 Å². The van der Waals surface area contributed by atoms with Crippen molar-refractivity contribution in [1.82, 2.24) is 0 Å². The van der Waals surface area contributed by atoms with Crippen LogP contribution < -0.4 is 9.13 Å². The molecule has 1 unspecified atom stereocenters. The maximum Gasteiger partial charge on any atom is 0.398 e. The fraction of sp³-hybridized carbons (Fsp3) is 0.120. The zero-order valence-corrected chi connectivity index (χ0v) is 18.4. The summed E-state index contributed by atoms with van der Waals surface area (Å²) in [6, 6.07) is 23.1. The van der Waals surface area contributed by atoms with Crippen LogP contribution in [0.25, 0.3) is 16.8 Å². The van der Waals surface area contributed by atoms with Gasteiger partial charge in [0.05, 0.1) is 0 Å². The Hall–Kier alpha value is -3.11. The lowest BCUT2D eigenvalue weighted by Gasteiger charge is -2.14. The summed E-state index contributed by atoms with van der Waals surface area (Å²) in [5.74, 6) is -1.05. The van der Waals surface area contributed by atoms with Crippen LogP contribution in [0.3, 0.4) is 0 Å². The first kappa shape index (κ1) is 21.1. The van der Waals surface area contributed by atoms with Gasteiger partial charge in [0.15, 0.2) is 24.8 Å². The molecule has 0 saturated heterocycles. The molecule has 1 atom stereocenters. The van der Waals surface area contributed by atoms with E-state index in [4.69, 9.17) is 0 Å². The van der Waals surface area contributed by atoms with Gasteiger partial charge in [-0.25, -0.2) is 0 Å². The lowest BCUT2D eigenvalue weighted by atomic mass is 10.1. The number of hydrogen-bond donors (Lipinski definition) is 2. The van der Waals surface area contributed by atoms with E-state index in [0.29, 0.717) is 5.56 Å². The molecule has 31 heavy (non-hydrogen) atoms. The molecular weight excluding hydrogens is 407 g/mol. The van der Waals surface area contributed by atoms with Gasteiger partial charge < -0.3 is 9.79 Å². The molecule has 0 aliphatic carbocycles. The Bertz CT molecular complexity index is 1210. The monoisotopic (exact) mass is 432 g/mol. The van der Waals surface area contributed by atoms with Crippen molar-refractivity contribution in [3.05, 3.63) is 114 Å². The number of hydrogen-bond acceptors (Lipinski definition) is 1. The van der Waals surface area contributed by atoms with E-state index in [1.807, 2.05) is 42.7 Å². The van der Waals surface area contributed by atoms with Gasteiger partial charge in [-0.15, -0.1) is 0 Å². The van der Waals surface area contributed by atoms with Crippen molar-refractivity contribution in [2.45, 2.75) is 19.6 Å². The Kier molecular flexibility index (Phi) is 5.84. The molecule has 0 bridgehead atoms. The van der Waals surface area contributed by atoms with Gasteiger partial charge >= 0.3 is 7.60 Å². The molecule has 0 radical (unpaired) electrons. The SMILES string of the molecule is Cc1cc(C)cc(-[n+]2ccc(-c3cc[n+](C(c4ccccc4)P(=O)(O)O)cc3)cc2)c1. The number of pyridine rings is 2. The average Bonchev–Trinajstić information content (AvgIpc) is 2.74. The lowest BCUT2D eigenvalue weighted by molar-refractivity contribution is -0.695. The summed E-state index contributed by atoms with van der Waals surface area (Å²) in [6.07, 6.45) is 7.48. The zero-order valence-electron chi connectivity index (χ0n) is 17.5. The largest absolute Gasteiger partial charge is 0.398 e. The van der Waals surface area contributed by atoms with E-state index < -0.39 is 13.4 Å². The van der Waals surface area contributed by atoms with Crippen LogP contribution in [0.4, 0.5) is 0 Å². The number of aryl methyl sites for hydroxylation is 2. The normalized spacial score (nSPS) is 12.5. The van der Waals surface area contributed by atoms with Crippen molar-refractivity contribution in [3.63, 3.8) is 0 Å². The van der Waals surface area contributed by atoms with Gasteiger partial charge in [-0.05, 0) is 36.1 Å². The van der Waals surface area contributed by atoms with Crippen LogP contribution in [-0.2, 0) is 4.57 Å². The Labute approximate surface area is 182 Å². The molecule has 0 saturated carbocycles. The smallest absolute Gasteiger partial charge is 0.320 e. The van der Waals surface area contributed by atoms with Crippen molar-refractivity contribution in [2.75, 3.05) is 0 Å². The molecule has 0 aliphatic heterocycles. The van der Waals surface area contributed by atoms with Crippen molar-refractivity contribution >= 4 is 7.60 Å². The average molecular weight is 432 g/mol. The lowest BCUT2D eigenvalue weighted by Crippen LogP contribution is -2.39. The molecule has 2 N–H and O–H groups in total. The van der Waals surface area contributed by atoms with E-state index in [2.05, 4.69) is 36.6 Å². The minimum absolute atomic E-state index is 0.572. The van der Waals surface area contributed by atoms with Gasteiger partial charge in [-0.1, -0.05) is 36.4 Å². The van der Waals surface area contributed by atoms with E-state index in [1.54, 1.807) is 41.2 Å². The number of nitrogens with zero attached hydrogens (tertiary/aromatic N) is 2.